The maximum absolute atomic E-state index is 13.0. The molecule has 0 radical (unpaired) electrons. The van der Waals surface area contributed by atoms with Gasteiger partial charge in [-0.2, -0.15) is 0 Å². The number of nitrogens with zero attached hydrogens (tertiary/aromatic N) is 2. The highest BCUT2D eigenvalue weighted by Crippen LogP contribution is 2.42. The first-order chi connectivity index (χ1) is 13.2. The maximum Gasteiger partial charge on any atom is 0.254 e. The number of hydrogen-bond donors (Lipinski definition) is 0. The van der Waals surface area contributed by atoms with E-state index in [1.807, 2.05) is 18.2 Å². The fourth-order valence-electron chi connectivity index (χ4n) is 4.82. The fourth-order valence-corrected chi connectivity index (χ4v) is 4.82. The highest BCUT2D eigenvalue weighted by molar-refractivity contribution is 5.95. The molecule has 1 spiro atoms. The second kappa shape index (κ2) is 8.29. The lowest BCUT2D eigenvalue weighted by Crippen LogP contribution is -2.44. The molecule has 0 unspecified atom stereocenters. The molecule has 0 N–H and O–H groups in total. The Balaban J connectivity index is 1.31. The first-order valence-electron chi connectivity index (χ1n) is 10.5. The van der Waals surface area contributed by atoms with Crippen LogP contribution < -0.4 is 0 Å². The third-order valence-corrected chi connectivity index (χ3v) is 6.59. The van der Waals surface area contributed by atoms with Crippen molar-refractivity contribution in [3.63, 3.8) is 0 Å². The molecule has 5 heteroatoms. The molecule has 0 bridgehead atoms. The summed E-state index contributed by atoms with van der Waals surface area (Å²) in [5, 5.41) is 0. The van der Waals surface area contributed by atoms with E-state index in [1.165, 1.54) is 0 Å². The minimum absolute atomic E-state index is 0.200. The van der Waals surface area contributed by atoms with E-state index in [-0.39, 0.29) is 11.3 Å². The van der Waals surface area contributed by atoms with Crippen LogP contribution in [0.2, 0.25) is 0 Å². The Bertz CT molecular complexity index is 649. The Kier molecular flexibility index (Phi) is 5.81. The SMILES string of the molecule is CCc1ccccc1C(=O)N1CCC2(CC1)CO[C@H](CN1CCOCC1)C2. The van der Waals surface area contributed by atoms with Gasteiger partial charge in [-0.15, -0.1) is 0 Å². The van der Waals surface area contributed by atoms with E-state index in [0.29, 0.717) is 6.10 Å². The van der Waals surface area contributed by atoms with Gasteiger partial charge in [-0.25, -0.2) is 0 Å². The monoisotopic (exact) mass is 372 g/mol. The average molecular weight is 373 g/mol. The van der Waals surface area contributed by atoms with Crippen molar-refractivity contribution in [3.05, 3.63) is 35.4 Å². The summed E-state index contributed by atoms with van der Waals surface area (Å²) in [5.74, 6) is 0.200. The van der Waals surface area contributed by atoms with Crippen LogP contribution in [-0.2, 0) is 15.9 Å². The molecule has 3 aliphatic heterocycles. The summed E-state index contributed by atoms with van der Waals surface area (Å²) in [5.41, 5.74) is 2.30. The van der Waals surface area contributed by atoms with E-state index < -0.39 is 0 Å². The van der Waals surface area contributed by atoms with Crippen molar-refractivity contribution in [1.82, 2.24) is 9.80 Å². The second-order valence-electron chi connectivity index (χ2n) is 8.35. The van der Waals surface area contributed by atoms with Crippen LogP contribution in [0.15, 0.2) is 24.3 Å². The number of morpholine rings is 1. The van der Waals surface area contributed by atoms with Crippen LogP contribution in [0.25, 0.3) is 0 Å². The molecule has 4 rings (SSSR count). The first-order valence-corrected chi connectivity index (χ1v) is 10.5. The lowest BCUT2D eigenvalue weighted by molar-refractivity contribution is 0.00524. The Labute approximate surface area is 162 Å². The number of amides is 1. The van der Waals surface area contributed by atoms with Gasteiger partial charge in [0.15, 0.2) is 0 Å². The summed E-state index contributed by atoms with van der Waals surface area (Å²) in [6, 6.07) is 8.03. The van der Waals surface area contributed by atoms with Gasteiger partial charge in [-0.05, 0) is 42.7 Å². The zero-order valence-electron chi connectivity index (χ0n) is 16.5. The van der Waals surface area contributed by atoms with E-state index in [0.717, 1.165) is 89.4 Å². The lowest BCUT2D eigenvalue weighted by atomic mass is 9.76. The molecule has 1 atom stereocenters. The van der Waals surface area contributed by atoms with Crippen LogP contribution in [0.1, 0.15) is 42.1 Å². The van der Waals surface area contributed by atoms with Crippen LogP contribution in [0.5, 0.6) is 0 Å². The number of rotatable bonds is 4. The molecule has 1 aromatic rings. The van der Waals surface area contributed by atoms with Gasteiger partial charge in [0.05, 0.1) is 25.9 Å². The maximum atomic E-state index is 13.0. The fraction of sp³-hybridized carbons (Fsp3) is 0.682. The number of carbonyl (C=O) groups excluding carboxylic acids is 1. The number of benzene rings is 1. The minimum atomic E-state index is 0.200. The number of hydrogen-bond acceptors (Lipinski definition) is 4. The Morgan fingerprint density at radius 2 is 1.89 bits per heavy atom. The van der Waals surface area contributed by atoms with E-state index in [9.17, 15) is 4.79 Å². The summed E-state index contributed by atoms with van der Waals surface area (Å²) >= 11 is 0. The number of aryl methyl sites for hydroxylation is 1. The van der Waals surface area contributed by atoms with Gasteiger partial charge in [-0.1, -0.05) is 25.1 Å². The molecule has 0 saturated carbocycles. The van der Waals surface area contributed by atoms with Crippen molar-refractivity contribution in [1.29, 1.82) is 0 Å². The predicted octanol–water partition coefficient (Wildman–Crippen LogP) is 2.59. The topological polar surface area (TPSA) is 42.0 Å². The van der Waals surface area contributed by atoms with E-state index in [2.05, 4.69) is 22.8 Å². The number of likely N-dealkylation sites (tertiary alicyclic amines) is 1. The molecule has 0 aliphatic carbocycles. The van der Waals surface area contributed by atoms with Crippen molar-refractivity contribution in [2.24, 2.45) is 5.41 Å². The lowest BCUT2D eigenvalue weighted by Gasteiger charge is -2.39. The molecule has 3 heterocycles. The zero-order chi connectivity index (χ0) is 18.7. The van der Waals surface area contributed by atoms with Gasteiger partial charge in [0.1, 0.15) is 0 Å². The van der Waals surface area contributed by atoms with Crippen LogP contribution in [0.4, 0.5) is 0 Å². The molecule has 0 aromatic heterocycles. The molecule has 3 fully saturated rings. The van der Waals surface area contributed by atoms with Gasteiger partial charge in [0.25, 0.3) is 5.91 Å². The van der Waals surface area contributed by atoms with Crippen molar-refractivity contribution in [2.75, 3.05) is 52.5 Å². The van der Waals surface area contributed by atoms with Crippen LogP contribution in [-0.4, -0.2) is 74.4 Å². The van der Waals surface area contributed by atoms with Gasteiger partial charge in [0, 0.05) is 38.3 Å². The van der Waals surface area contributed by atoms with Crippen LogP contribution in [0.3, 0.4) is 0 Å². The predicted molar refractivity (Wildman–Crippen MR) is 105 cm³/mol. The summed E-state index contributed by atoms with van der Waals surface area (Å²) in [7, 11) is 0. The minimum Gasteiger partial charge on any atom is -0.379 e. The number of piperidine rings is 1. The smallest absolute Gasteiger partial charge is 0.254 e. The Hall–Kier alpha value is -1.43. The molecular weight excluding hydrogens is 340 g/mol. The van der Waals surface area contributed by atoms with E-state index in [4.69, 9.17) is 9.47 Å². The first kappa shape index (κ1) is 18.9. The molecule has 148 valence electrons. The molecular formula is C22H32N2O3. The van der Waals surface area contributed by atoms with Crippen molar-refractivity contribution in [3.8, 4) is 0 Å². The standard InChI is InChI=1S/C22H32N2O3/c1-2-18-5-3-4-6-20(18)21(25)24-9-7-22(8-10-24)15-19(27-17-22)16-23-11-13-26-14-12-23/h3-6,19H,2,7-17H2,1H3/t19-/m0/s1. The van der Waals surface area contributed by atoms with Crippen LogP contribution >= 0.6 is 0 Å². The quantitative estimate of drug-likeness (QED) is 0.815. The van der Waals surface area contributed by atoms with Gasteiger partial charge < -0.3 is 14.4 Å². The van der Waals surface area contributed by atoms with E-state index in [1.54, 1.807) is 0 Å². The highest BCUT2D eigenvalue weighted by atomic mass is 16.5. The molecule has 1 aromatic carbocycles. The molecule has 1 amide bonds. The molecule has 5 nitrogen and oxygen atoms in total. The average Bonchev–Trinajstić information content (AvgIpc) is 3.10. The Morgan fingerprint density at radius 1 is 1.15 bits per heavy atom. The second-order valence-corrected chi connectivity index (χ2v) is 8.35. The van der Waals surface area contributed by atoms with Gasteiger partial charge in [0.2, 0.25) is 0 Å². The molecule has 3 aliphatic rings. The molecule has 27 heavy (non-hydrogen) atoms. The zero-order valence-corrected chi connectivity index (χ0v) is 16.5. The van der Waals surface area contributed by atoms with Crippen molar-refractivity contribution in [2.45, 2.75) is 38.7 Å². The van der Waals surface area contributed by atoms with Gasteiger partial charge >= 0.3 is 0 Å². The summed E-state index contributed by atoms with van der Waals surface area (Å²) < 4.78 is 11.6. The molecule has 3 saturated heterocycles. The van der Waals surface area contributed by atoms with Crippen molar-refractivity contribution < 1.29 is 14.3 Å². The number of ether oxygens (including phenoxy) is 2. The summed E-state index contributed by atoms with van der Waals surface area (Å²) in [6.45, 7) is 9.42. The summed E-state index contributed by atoms with van der Waals surface area (Å²) in [6.07, 6.45) is 4.50. The number of carbonyl (C=O) groups is 1. The van der Waals surface area contributed by atoms with Gasteiger partial charge in [-0.3, -0.25) is 9.69 Å². The third kappa shape index (κ3) is 4.20. The van der Waals surface area contributed by atoms with Crippen molar-refractivity contribution >= 4 is 5.91 Å². The van der Waals surface area contributed by atoms with Crippen LogP contribution in [0, 0.1) is 5.41 Å². The highest BCUT2D eigenvalue weighted by Gasteiger charge is 2.43. The normalized spacial score (nSPS) is 25.8. The largest absolute Gasteiger partial charge is 0.379 e. The van der Waals surface area contributed by atoms with E-state index >= 15 is 0 Å². The summed E-state index contributed by atoms with van der Waals surface area (Å²) in [4.78, 5) is 17.5. The Morgan fingerprint density at radius 3 is 2.63 bits per heavy atom. The third-order valence-electron chi connectivity index (χ3n) is 6.59.